The Labute approximate surface area is 210 Å². The second-order valence-corrected chi connectivity index (χ2v) is 9.42. The van der Waals surface area contributed by atoms with E-state index in [4.69, 9.17) is 0 Å². The van der Waals surface area contributed by atoms with Crippen molar-refractivity contribution in [2.75, 3.05) is 26.7 Å². The van der Waals surface area contributed by atoms with Crippen LogP contribution in [-0.2, 0) is 6.18 Å². The third kappa shape index (κ3) is 4.93. The first-order valence-corrected chi connectivity index (χ1v) is 11.9. The zero-order valence-electron chi connectivity index (χ0n) is 20.6. The van der Waals surface area contributed by atoms with Crippen LogP contribution in [0.25, 0.3) is 33.7 Å². The Kier molecular flexibility index (Phi) is 6.44. The largest absolute Gasteiger partial charge is 0.471 e. The minimum atomic E-state index is -4.73. The number of fused-ring (bicyclic) bond motifs is 1. The Hall–Kier alpha value is -3.80. The van der Waals surface area contributed by atoms with Gasteiger partial charge in [0, 0.05) is 29.4 Å². The van der Waals surface area contributed by atoms with E-state index in [0.717, 1.165) is 42.6 Å². The third-order valence-electron chi connectivity index (χ3n) is 6.94. The zero-order chi connectivity index (χ0) is 26.3. The molecule has 0 bridgehead atoms. The van der Waals surface area contributed by atoms with Gasteiger partial charge in [0.25, 0.3) is 0 Å². The quantitative estimate of drug-likeness (QED) is 0.423. The molecule has 0 radical (unpaired) electrons. The van der Waals surface area contributed by atoms with Crippen LogP contribution in [-0.4, -0.2) is 62.3 Å². The van der Waals surface area contributed by atoms with E-state index >= 15 is 0 Å². The lowest BCUT2D eigenvalue weighted by atomic mass is 9.97. The van der Waals surface area contributed by atoms with Gasteiger partial charge in [-0.15, -0.1) is 0 Å². The first-order chi connectivity index (χ1) is 17.6. The van der Waals surface area contributed by atoms with Crippen molar-refractivity contribution in [3.05, 3.63) is 47.7 Å². The van der Waals surface area contributed by atoms with Crippen molar-refractivity contribution in [1.29, 1.82) is 0 Å². The van der Waals surface area contributed by atoms with Crippen LogP contribution in [0.2, 0.25) is 0 Å². The fourth-order valence-corrected chi connectivity index (χ4v) is 4.61. The van der Waals surface area contributed by atoms with Gasteiger partial charge in [0.15, 0.2) is 0 Å². The molecule has 1 N–H and O–H groups in total. The van der Waals surface area contributed by atoms with Crippen LogP contribution in [0.3, 0.4) is 0 Å². The molecule has 1 amide bonds. The number of amides is 1. The summed E-state index contributed by atoms with van der Waals surface area (Å²) in [6.45, 7) is 6.51. The molecule has 5 heterocycles. The number of aromatic nitrogens is 5. The fourth-order valence-electron chi connectivity index (χ4n) is 4.61. The number of hydrogen-bond acceptors (Lipinski definition) is 7. The normalized spacial score (nSPS) is 15.4. The molecule has 37 heavy (non-hydrogen) atoms. The van der Waals surface area contributed by atoms with Gasteiger partial charge in [-0.3, -0.25) is 14.5 Å². The monoisotopic (exact) mass is 513 g/mol. The topological polar surface area (TPSA) is 102 Å². The summed E-state index contributed by atoms with van der Waals surface area (Å²) in [4.78, 5) is 27.7. The number of carbonyl (C=O) groups is 1. The number of nitrogens with one attached hydrogen (secondary N) is 1. The Morgan fingerprint density at radius 1 is 1.16 bits per heavy atom. The van der Waals surface area contributed by atoms with Crippen molar-refractivity contribution in [2.45, 2.75) is 32.9 Å². The molecule has 1 aliphatic heterocycles. The number of nitrogens with zero attached hydrogens (tertiary/aromatic N) is 6. The SMILES string of the molecule is Cc1c(C)n(C(=O)NCC2CCN(C)CC2)c2cnc(-c3cc(-c4noc(C(F)(F)F)n4)ccn3)cc12. The van der Waals surface area contributed by atoms with Crippen molar-refractivity contribution in [3.8, 4) is 22.8 Å². The summed E-state index contributed by atoms with van der Waals surface area (Å²) in [7, 11) is 2.11. The van der Waals surface area contributed by atoms with Gasteiger partial charge >= 0.3 is 18.1 Å². The van der Waals surface area contributed by atoms with E-state index in [-0.39, 0.29) is 11.9 Å². The Morgan fingerprint density at radius 3 is 2.59 bits per heavy atom. The van der Waals surface area contributed by atoms with Gasteiger partial charge in [-0.05, 0) is 76.5 Å². The third-order valence-corrected chi connectivity index (χ3v) is 6.94. The average Bonchev–Trinajstić information content (AvgIpc) is 3.48. The molecule has 1 fully saturated rings. The van der Waals surface area contributed by atoms with E-state index in [2.05, 4.69) is 41.9 Å². The Bertz CT molecular complexity index is 1450. The summed E-state index contributed by atoms with van der Waals surface area (Å²) < 4.78 is 44.5. The fraction of sp³-hybridized carbons (Fsp3) is 0.400. The summed E-state index contributed by atoms with van der Waals surface area (Å²) in [6, 6.07) is 4.67. The Morgan fingerprint density at radius 2 is 1.89 bits per heavy atom. The molecular weight excluding hydrogens is 487 g/mol. The summed E-state index contributed by atoms with van der Waals surface area (Å²) in [6.07, 6.45) is 0.443. The number of rotatable bonds is 4. The minimum absolute atomic E-state index is 0.193. The number of hydrogen-bond donors (Lipinski definition) is 1. The van der Waals surface area contributed by atoms with Crippen LogP contribution in [0.15, 0.2) is 35.1 Å². The van der Waals surface area contributed by atoms with E-state index in [0.29, 0.717) is 34.9 Å². The van der Waals surface area contributed by atoms with Crippen LogP contribution in [0.1, 0.15) is 30.0 Å². The second-order valence-electron chi connectivity index (χ2n) is 9.42. The first kappa shape index (κ1) is 24.9. The standard InChI is InChI=1S/C25H26F3N7O2/c1-14-15(2)35(24(36)31-12-16-5-8-34(3)9-6-16)21-13-30-20(11-18(14)21)19-10-17(4-7-29-19)22-32-23(37-33-22)25(26,27)28/h4,7,10-11,13,16H,5-6,8-9,12H2,1-3H3,(H,31,36). The van der Waals surface area contributed by atoms with Crippen molar-refractivity contribution in [3.63, 3.8) is 0 Å². The molecule has 0 saturated carbocycles. The lowest BCUT2D eigenvalue weighted by Gasteiger charge is -2.29. The maximum atomic E-state index is 13.1. The zero-order valence-corrected chi connectivity index (χ0v) is 20.6. The number of alkyl halides is 3. The van der Waals surface area contributed by atoms with Gasteiger partial charge < -0.3 is 14.7 Å². The molecule has 4 aromatic heterocycles. The van der Waals surface area contributed by atoms with Crippen molar-refractivity contribution < 1.29 is 22.5 Å². The Balaban J connectivity index is 1.41. The molecule has 5 rings (SSSR count). The summed E-state index contributed by atoms with van der Waals surface area (Å²) >= 11 is 0. The molecule has 0 unspecified atom stereocenters. The number of carbonyl (C=O) groups excluding carboxylic acids is 1. The lowest BCUT2D eigenvalue weighted by molar-refractivity contribution is -0.159. The van der Waals surface area contributed by atoms with Crippen LogP contribution in [0, 0.1) is 19.8 Å². The summed E-state index contributed by atoms with van der Waals surface area (Å²) in [5.41, 5.74) is 3.64. The molecule has 0 aliphatic carbocycles. The van der Waals surface area contributed by atoms with Crippen molar-refractivity contribution >= 4 is 16.9 Å². The van der Waals surface area contributed by atoms with Gasteiger partial charge in [0.1, 0.15) is 0 Å². The van der Waals surface area contributed by atoms with Crippen LogP contribution >= 0.6 is 0 Å². The highest BCUT2D eigenvalue weighted by atomic mass is 19.4. The van der Waals surface area contributed by atoms with E-state index in [9.17, 15) is 18.0 Å². The van der Waals surface area contributed by atoms with E-state index in [1.54, 1.807) is 16.8 Å². The first-order valence-electron chi connectivity index (χ1n) is 11.9. The molecule has 194 valence electrons. The highest BCUT2D eigenvalue weighted by molar-refractivity contribution is 5.96. The van der Waals surface area contributed by atoms with E-state index in [1.807, 2.05) is 19.9 Å². The molecule has 1 aliphatic rings. The number of halogens is 3. The van der Waals surface area contributed by atoms with Crippen molar-refractivity contribution in [1.82, 2.24) is 34.9 Å². The second kappa shape index (κ2) is 9.58. The van der Waals surface area contributed by atoms with E-state index in [1.165, 1.54) is 12.3 Å². The van der Waals surface area contributed by atoms with Crippen LogP contribution < -0.4 is 5.32 Å². The molecule has 1 saturated heterocycles. The molecule has 0 aromatic carbocycles. The molecule has 4 aromatic rings. The molecule has 0 spiro atoms. The molecule has 0 atom stereocenters. The number of pyridine rings is 2. The lowest BCUT2D eigenvalue weighted by Crippen LogP contribution is -2.38. The van der Waals surface area contributed by atoms with Gasteiger partial charge in [-0.1, -0.05) is 5.16 Å². The number of likely N-dealkylation sites (tertiary alicyclic amines) is 1. The van der Waals surface area contributed by atoms with Gasteiger partial charge in [-0.2, -0.15) is 18.2 Å². The van der Waals surface area contributed by atoms with Crippen LogP contribution in [0.5, 0.6) is 0 Å². The molecule has 9 nitrogen and oxygen atoms in total. The maximum absolute atomic E-state index is 13.1. The van der Waals surface area contributed by atoms with Gasteiger partial charge in [0.2, 0.25) is 5.82 Å². The predicted molar refractivity (Wildman–Crippen MR) is 130 cm³/mol. The van der Waals surface area contributed by atoms with E-state index < -0.39 is 12.1 Å². The van der Waals surface area contributed by atoms with Crippen molar-refractivity contribution in [2.24, 2.45) is 5.92 Å². The molecule has 12 heteroatoms. The summed E-state index contributed by atoms with van der Waals surface area (Å²) in [5, 5.41) is 7.35. The highest BCUT2D eigenvalue weighted by Gasteiger charge is 2.38. The van der Waals surface area contributed by atoms with Crippen LogP contribution in [0.4, 0.5) is 18.0 Å². The average molecular weight is 514 g/mol. The number of piperidine rings is 1. The molecular formula is C25H26F3N7O2. The smallest absolute Gasteiger partial charge is 0.337 e. The predicted octanol–water partition coefficient (Wildman–Crippen LogP) is 4.68. The van der Waals surface area contributed by atoms with Gasteiger partial charge in [-0.25, -0.2) is 4.79 Å². The van der Waals surface area contributed by atoms with Gasteiger partial charge in [0.05, 0.1) is 23.1 Å². The summed E-state index contributed by atoms with van der Waals surface area (Å²) in [5.74, 6) is -1.16. The minimum Gasteiger partial charge on any atom is -0.337 e. The maximum Gasteiger partial charge on any atom is 0.471 e. The highest BCUT2D eigenvalue weighted by Crippen LogP contribution is 2.31. The number of aryl methyl sites for hydroxylation is 1.